The van der Waals surface area contributed by atoms with Gasteiger partial charge < -0.3 is 10.2 Å². The predicted molar refractivity (Wildman–Crippen MR) is 87.4 cm³/mol. The lowest BCUT2D eigenvalue weighted by Gasteiger charge is -2.46. The van der Waals surface area contributed by atoms with E-state index in [0.29, 0.717) is 0 Å². The molecule has 1 aliphatic heterocycles. The number of hydrogen-bond acceptors (Lipinski definition) is 3. The summed E-state index contributed by atoms with van der Waals surface area (Å²) >= 11 is 0. The van der Waals surface area contributed by atoms with Crippen LogP contribution in [0.1, 0.15) is 32.8 Å². The van der Waals surface area contributed by atoms with Crippen molar-refractivity contribution in [2.24, 2.45) is 0 Å². The fraction of sp³-hybridized carbons (Fsp3) is 0.647. The van der Waals surface area contributed by atoms with Gasteiger partial charge in [-0.05, 0) is 45.5 Å². The molecule has 1 aromatic carbocycles. The fourth-order valence-corrected chi connectivity index (χ4v) is 2.81. The number of nitrogens with zero attached hydrogens (tertiary/aromatic N) is 2. The van der Waals surface area contributed by atoms with Crippen molar-refractivity contribution < 1.29 is 0 Å². The van der Waals surface area contributed by atoms with Gasteiger partial charge in [-0.25, -0.2) is 0 Å². The molecule has 3 heteroatoms. The summed E-state index contributed by atoms with van der Waals surface area (Å²) in [5.41, 5.74) is 3.06. The number of hydrogen-bond donors (Lipinski definition) is 1. The van der Waals surface area contributed by atoms with Crippen LogP contribution in [0.4, 0.5) is 5.69 Å². The molecule has 0 aliphatic carbocycles. The molecule has 0 atom stereocenters. The third kappa shape index (κ3) is 3.53. The molecule has 0 amide bonds. The molecule has 0 saturated carbocycles. The van der Waals surface area contributed by atoms with Crippen molar-refractivity contribution >= 4 is 5.69 Å². The molecule has 3 nitrogen and oxygen atoms in total. The number of benzene rings is 1. The summed E-state index contributed by atoms with van der Waals surface area (Å²) < 4.78 is 0. The van der Waals surface area contributed by atoms with Gasteiger partial charge >= 0.3 is 0 Å². The standard InChI is InChI=1S/C17H29N3/c1-5-10-18-13-15-8-6-7-9-16(15)20-12-11-19(4)17(2,3)14-20/h6-9,18H,5,10-14H2,1-4H3. The van der Waals surface area contributed by atoms with Gasteiger partial charge in [0.15, 0.2) is 0 Å². The molecular formula is C17H29N3. The maximum atomic E-state index is 3.52. The molecule has 112 valence electrons. The second kappa shape index (κ2) is 6.59. The van der Waals surface area contributed by atoms with E-state index in [1.165, 1.54) is 17.7 Å². The molecule has 0 spiro atoms. The Hall–Kier alpha value is -1.06. The fourth-order valence-electron chi connectivity index (χ4n) is 2.81. The zero-order valence-electron chi connectivity index (χ0n) is 13.4. The molecule has 1 fully saturated rings. The highest BCUT2D eigenvalue weighted by molar-refractivity contribution is 5.54. The highest BCUT2D eigenvalue weighted by Gasteiger charge is 2.31. The number of likely N-dealkylation sites (N-methyl/N-ethyl adjacent to an activating group) is 1. The Bertz CT molecular complexity index is 428. The zero-order valence-corrected chi connectivity index (χ0v) is 13.4. The second-order valence-corrected chi connectivity index (χ2v) is 6.46. The van der Waals surface area contributed by atoms with Crippen LogP contribution in [0.5, 0.6) is 0 Å². The third-order valence-electron chi connectivity index (χ3n) is 4.39. The molecule has 20 heavy (non-hydrogen) atoms. The van der Waals surface area contributed by atoms with Crippen LogP contribution in [0.15, 0.2) is 24.3 Å². The Morgan fingerprint density at radius 2 is 1.95 bits per heavy atom. The average Bonchev–Trinajstić information content (AvgIpc) is 2.43. The van der Waals surface area contributed by atoms with Crippen molar-refractivity contribution in [2.75, 3.05) is 38.1 Å². The molecule has 1 heterocycles. The summed E-state index contributed by atoms with van der Waals surface area (Å²) in [4.78, 5) is 5.00. The first-order valence-electron chi connectivity index (χ1n) is 7.79. The molecule has 0 bridgehead atoms. The van der Waals surface area contributed by atoms with Gasteiger partial charge in [0.05, 0.1) is 0 Å². The van der Waals surface area contributed by atoms with E-state index >= 15 is 0 Å². The average molecular weight is 275 g/mol. The smallest absolute Gasteiger partial charge is 0.0412 e. The van der Waals surface area contributed by atoms with E-state index in [9.17, 15) is 0 Å². The van der Waals surface area contributed by atoms with Crippen molar-refractivity contribution in [1.29, 1.82) is 0 Å². The van der Waals surface area contributed by atoms with Crippen molar-refractivity contribution in [1.82, 2.24) is 10.2 Å². The first-order valence-corrected chi connectivity index (χ1v) is 7.79. The molecule has 1 aromatic rings. The van der Waals surface area contributed by atoms with Gasteiger partial charge in [-0.1, -0.05) is 25.1 Å². The van der Waals surface area contributed by atoms with Gasteiger partial charge in [-0.3, -0.25) is 4.90 Å². The monoisotopic (exact) mass is 275 g/mol. The molecule has 0 aromatic heterocycles. The van der Waals surface area contributed by atoms with Crippen LogP contribution in [0.2, 0.25) is 0 Å². The Labute approximate surface area is 124 Å². The van der Waals surface area contributed by atoms with Gasteiger partial charge in [-0.2, -0.15) is 0 Å². The Morgan fingerprint density at radius 1 is 1.20 bits per heavy atom. The van der Waals surface area contributed by atoms with E-state index in [2.05, 4.69) is 67.2 Å². The summed E-state index contributed by atoms with van der Waals surface area (Å²) in [6, 6.07) is 8.82. The number of nitrogens with one attached hydrogen (secondary N) is 1. The first kappa shape index (κ1) is 15.3. The van der Waals surface area contributed by atoms with Crippen molar-refractivity contribution in [3.63, 3.8) is 0 Å². The van der Waals surface area contributed by atoms with E-state index in [0.717, 1.165) is 32.7 Å². The first-order chi connectivity index (χ1) is 9.54. The minimum atomic E-state index is 0.238. The Morgan fingerprint density at radius 3 is 2.65 bits per heavy atom. The molecule has 2 rings (SSSR count). The quantitative estimate of drug-likeness (QED) is 0.834. The minimum Gasteiger partial charge on any atom is -0.368 e. The molecular weight excluding hydrogens is 246 g/mol. The van der Waals surface area contributed by atoms with E-state index in [1.807, 2.05) is 0 Å². The summed E-state index contributed by atoms with van der Waals surface area (Å²) in [5.74, 6) is 0. The van der Waals surface area contributed by atoms with Crippen molar-refractivity contribution in [3.05, 3.63) is 29.8 Å². The highest BCUT2D eigenvalue weighted by atomic mass is 15.3. The highest BCUT2D eigenvalue weighted by Crippen LogP contribution is 2.27. The summed E-state index contributed by atoms with van der Waals surface area (Å²) in [6.45, 7) is 12.3. The van der Waals surface area contributed by atoms with Crippen LogP contribution >= 0.6 is 0 Å². The number of anilines is 1. The molecule has 1 N–H and O–H groups in total. The van der Waals surface area contributed by atoms with Crippen LogP contribution in [-0.4, -0.2) is 43.7 Å². The van der Waals surface area contributed by atoms with E-state index in [4.69, 9.17) is 0 Å². The largest absolute Gasteiger partial charge is 0.368 e. The lowest BCUT2D eigenvalue weighted by molar-refractivity contribution is 0.139. The van der Waals surface area contributed by atoms with Crippen LogP contribution in [0.3, 0.4) is 0 Å². The third-order valence-corrected chi connectivity index (χ3v) is 4.39. The van der Waals surface area contributed by atoms with E-state index in [-0.39, 0.29) is 5.54 Å². The zero-order chi connectivity index (χ0) is 14.6. The van der Waals surface area contributed by atoms with Crippen LogP contribution in [-0.2, 0) is 6.54 Å². The van der Waals surface area contributed by atoms with Gasteiger partial charge in [0.1, 0.15) is 0 Å². The number of piperazine rings is 1. The lowest BCUT2D eigenvalue weighted by Crippen LogP contribution is -2.57. The molecule has 1 aliphatic rings. The van der Waals surface area contributed by atoms with Crippen molar-refractivity contribution in [3.8, 4) is 0 Å². The number of rotatable bonds is 5. The van der Waals surface area contributed by atoms with Gasteiger partial charge in [0, 0.05) is 37.4 Å². The van der Waals surface area contributed by atoms with Gasteiger partial charge in [0.25, 0.3) is 0 Å². The SMILES string of the molecule is CCCNCc1ccccc1N1CCN(C)C(C)(C)C1. The van der Waals surface area contributed by atoms with Crippen molar-refractivity contribution in [2.45, 2.75) is 39.3 Å². The van der Waals surface area contributed by atoms with Crippen LogP contribution in [0, 0.1) is 0 Å². The van der Waals surface area contributed by atoms with Crippen LogP contribution in [0.25, 0.3) is 0 Å². The topological polar surface area (TPSA) is 18.5 Å². The second-order valence-electron chi connectivity index (χ2n) is 6.46. The maximum absolute atomic E-state index is 3.52. The minimum absolute atomic E-state index is 0.238. The summed E-state index contributed by atoms with van der Waals surface area (Å²) in [6.07, 6.45) is 1.18. The Balaban J connectivity index is 2.12. The van der Waals surface area contributed by atoms with Gasteiger partial charge in [0.2, 0.25) is 0 Å². The molecule has 0 radical (unpaired) electrons. The maximum Gasteiger partial charge on any atom is 0.0412 e. The molecule has 1 saturated heterocycles. The summed E-state index contributed by atoms with van der Waals surface area (Å²) in [5, 5.41) is 3.52. The Kier molecular flexibility index (Phi) is 5.06. The van der Waals surface area contributed by atoms with E-state index in [1.54, 1.807) is 0 Å². The number of para-hydroxylation sites is 1. The van der Waals surface area contributed by atoms with Gasteiger partial charge in [-0.15, -0.1) is 0 Å². The summed E-state index contributed by atoms with van der Waals surface area (Å²) in [7, 11) is 2.23. The van der Waals surface area contributed by atoms with E-state index < -0.39 is 0 Å². The lowest BCUT2D eigenvalue weighted by atomic mass is 9.98. The molecule has 0 unspecified atom stereocenters. The predicted octanol–water partition coefficient (Wildman–Crippen LogP) is 2.72. The van der Waals surface area contributed by atoms with Crippen LogP contribution < -0.4 is 10.2 Å². The normalized spacial score (nSPS) is 19.3.